The van der Waals surface area contributed by atoms with E-state index in [1.165, 1.54) is 100 Å². The molecule has 6 amide bonds. The van der Waals surface area contributed by atoms with E-state index in [9.17, 15) is 162 Å². The number of aliphatic hydroxyl groups excluding tert-OH is 24. The van der Waals surface area contributed by atoms with Crippen LogP contribution in [0.4, 0.5) is 0 Å². The molecule has 0 aromatic heterocycles. The van der Waals surface area contributed by atoms with Crippen LogP contribution in [0.5, 0.6) is 0 Å². The quantitative estimate of drug-likeness (QED) is 0.0127. The van der Waals surface area contributed by atoms with E-state index in [1.54, 1.807) is 21.9 Å². The Morgan fingerprint density at radius 3 is 0.682 bits per heavy atom. The van der Waals surface area contributed by atoms with E-state index in [1.807, 2.05) is 0 Å². The first kappa shape index (κ1) is 107. The van der Waals surface area contributed by atoms with Gasteiger partial charge in [-0.1, -0.05) is 155 Å². The molecule has 48 heteroatoms. The fourth-order valence-corrected chi connectivity index (χ4v) is 16.1. The Hall–Kier alpha value is -8.52. The van der Waals surface area contributed by atoms with Gasteiger partial charge < -0.3 is 162 Å². The SMILES string of the molecule is CC[C@@H](O)[C@H](O)[C@H](O)C(=O)NO[C@@]1(Cc2ccccc2)O[C@H](CO)[C@@H](O)[C@H](O)[C@@]1(O)N(C(=O)c1cccc(C(=O)N([C@]2(O)[C@@H](O)[C@H](O)[C@@H](CO)O[C@]2(Cc2ccccc2)ONC(=O)[C@@H](O)[C@@H](O)[C@H](O)CC)[C@]2(O)[C@@H](O)[C@H](O)[C@@H](CO)O[C@]2(Cc2ccccc2)ONC(=O)[C@@H](O)[C@@H](O)[C@H](O)CC)c1)[C@]1(O)[C@@H](O)[C@H](O)[C@@H](CO)O[C@]1(Cc1ccccc1)ONC(=O)[C@@H](O)[C@@H](O)[C@H](O)CC. The number of amides is 6. The normalized spacial score (nSPS) is 33.0. The maximum Gasteiger partial charge on any atom is 0.275 e. The Balaban J connectivity index is 1.48. The van der Waals surface area contributed by atoms with Crippen LogP contribution in [0.15, 0.2) is 146 Å². The third kappa shape index (κ3) is 20.5. The molecule has 32 atom stereocenters. The molecule has 132 heavy (non-hydrogen) atoms. The van der Waals surface area contributed by atoms with Crippen molar-refractivity contribution in [1.82, 2.24) is 31.7 Å². The van der Waals surface area contributed by atoms with Crippen LogP contribution in [0.25, 0.3) is 0 Å². The summed E-state index contributed by atoms with van der Waals surface area (Å²) in [4.78, 5) is 116. The summed E-state index contributed by atoms with van der Waals surface area (Å²) < 4.78 is 25.1. The molecule has 48 nitrogen and oxygen atoms in total. The molecule has 4 saturated heterocycles. The molecule has 0 bridgehead atoms. The molecule has 5 aromatic rings. The van der Waals surface area contributed by atoms with Crippen LogP contribution in [-0.2, 0) is 83.2 Å². The van der Waals surface area contributed by atoms with E-state index in [4.69, 9.17) is 38.3 Å². The van der Waals surface area contributed by atoms with Gasteiger partial charge in [0.1, 0.15) is 97.7 Å². The lowest BCUT2D eigenvalue weighted by Crippen LogP contribution is -2.90. The minimum atomic E-state index is -4.83. The lowest BCUT2D eigenvalue weighted by Gasteiger charge is -2.65. The standard InChI is InChI=1S/C84H116N6O42/c1-5-47(95)55(99)63(107)71(115)85-129-77(33-41-22-13-9-14-23-41)81(121,67(111)59(103)51(37-91)125-77)89(82(122)68(112)60(104)52(38-92)126-78(82,34-42-24-15-10-16-25-42)130-86-72(116)64(108)56(100)48(96)6-2)75(119)45-30-21-31-46(32-45)76(120)90(83(123)69(113)61(105)53(39-93)127-79(83,35-43-26-17-11-18-27-43)131-87-73(117)65(109)57(101)49(97)7-3)84(124)70(114)62(106)54(40-94)128-80(84,36-44-28-19-12-20-29-44)132-88-74(118)66(110)58(102)50(98)8-4/h9-32,47-70,91-114,121-124H,5-8,33-40H2,1-4H3,(H,85,115)(H,86,116)(H,87,117)(H,88,118)/t47-,48-,49-,50-,51-,52-,53-,54-,55+,56+,57+,58+,59-,60-,61-,62-,63+,64+,65+,66+,67+,68+,69+,70+,77-,78-,79-,80-,81+,82+,83+,84+/m1/s1. The monoisotopic (exact) mass is 1880 g/mol. The van der Waals surface area contributed by atoms with Gasteiger partial charge in [-0.15, -0.1) is 0 Å². The number of nitrogens with one attached hydrogen (secondary N) is 4. The van der Waals surface area contributed by atoms with Gasteiger partial charge in [-0.05, 0) is 66.1 Å². The molecule has 0 spiro atoms. The summed E-state index contributed by atoms with van der Waals surface area (Å²) in [5.74, 6) is -29.2. The molecule has 734 valence electrons. The van der Waals surface area contributed by atoms with Crippen LogP contribution in [0.3, 0.4) is 0 Å². The van der Waals surface area contributed by atoms with Crippen molar-refractivity contribution < 1.29 is 210 Å². The molecule has 4 fully saturated rings. The van der Waals surface area contributed by atoms with Gasteiger partial charge in [-0.3, -0.25) is 38.6 Å². The van der Waals surface area contributed by atoms with Gasteiger partial charge in [0, 0.05) is 36.8 Å². The van der Waals surface area contributed by atoms with Crippen molar-refractivity contribution in [3.63, 3.8) is 0 Å². The minimum absolute atomic E-state index is 0.176. The summed E-state index contributed by atoms with van der Waals surface area (Å²) in [6, 6.07) is 26.3. The van der Waals surface area contributed by atoms with Crippen molar-refractivity contribution >= 4 is 35.4 Å². The van der Waals surface area contributed by atoms with E-state index >= 15 is 9.59 Å². The first-order valence-electron chi connectivity index (χ1n) is 41.8. The summed E-state index contributed by atoms with van der Waals surface area (Å²) in [7, 11) is 0. The van der Waals surface area contributed by atoms with Crippen molar-refractivity contribution in [2.75, 3.05) is 26.4 Å². The summed E-state index contributed by atoms with van der Waals surface area (Å²) in [6.07, 6.45) is -73.4. The largest absolute Gasteiger partial charge is 0.394 e. The van der Waals surface area contributed by atoms with E-state index in [2.05, 4.69) is 0 Å². The van der Waals surface area contributed by atoms with E-state index < -0.39 is 327 Å². The lowest BCUT2D eigenvalue weighted by atomic mass is 9.75. The van der Waals surface area contributed by atoms with Crippen molar-refractivity contribution in [1.29, 1.82) is 0 Å². The zero-order valence-electron chi connectivity index (χ0n) is 71.3. The number of benzene rings is 5. The van der Waals surface area contributed by atoms with Gasteiger partial charge in [-0.2, -0.15) is 0 Å². The Bertz CT molecular complexity index is 4080. The second-order valence-electron chi connectivity index (χ2n) is 32.4. The molecule has 0 unspecified atom stereocenters. The Kier molecular flexibility index (Phi) is 36.1. The van der Waals surface area contributed by atoms with Crippen molar-refractivity contribution in [3.8, 4) is 0 Å². The molecule has 0 saturated carbocycles. The summed E-state index contributed by atoms with van der Waals surface area (Å²) in [5, 5.41) is 341. The van der Waals surface area contributed by atoms with Crippen LogP contribution in [-0.4, -0.2) is 407 Å². The Labute approximate surface area is 751 Å². The summed E-state index contributed by atoms with van der Waals surface area (Å²) in [6.45, 7) is -1.15. The van der Waals surface area contributed by atoms with Crippen LogP contribution in [0.2, 0.25) is 0 Å². The van der Waals surface area contributed by atoms with Gasteiger partial charge in [0.2, 0.25) is 46.0 Å². The molecule has 0 radical (unpaired) electrons. The second kappa shape index (κ2) is 44.5. The van der Waals surface area contributed by atoms with Crippen LogP contribution >= 0.6 is 0 Å². The number of carbonyl (C=O) groups excluding carboxylic acids is 6. The second-order valence-corrected chi connectivity index (χ2v) is 32.4. The lowest BCUT2D eigenvalue weighted by molar-refractivity contribution is -0.494. The van der Waals surface area contributed by atoms with Gasteiger partial charge in [-0.25, -0.2) is 41.3 Å². The Morgan fingerprint density at radius 2 is 0.508 bits per heavy atom. The van der Waals surface area contributed by atoms with Crippen molar-refractivity contribution in [2.45, 2.75) is 272 Å². The van der Waals surface area contributed by atoms with Crippen LogP contribution in [0, 0.1) is 0 Å². The first-order chi connectivity index (χ1) is 62.3. The summed E-state index contributed by atoms with van der Waals surface area (Å²) >= 11 is 0. The number of rotatable bonds is 42. The molecule has 0 aliphatic carbocycles. The third-order valence-corrected chi connectivity index (χ3v) is 23.9. The molecule has 9 rings (SSSR count). The number of hydroxylamine groups is 4. The highest BCUT2D eigenvalue weighted by Gasteiger charge is 2.82. The fourth-order valence-electron chi connectivity index (χ4n) is 16.1. The molecule has 32 N–H and O–H groups in total. The maximum atomic E-state index is 17.8. The maximum absolute atomic E-state index is 17.8. The number of hydrogen-bond donors (Lipinski definition) is 32. The van der Waals surface area contributed by atoms with Crippen LogP contribution in [0.1, 0.15) is 96.3 Å². The number of nitrogens with zero attached hydrogens (tertiary/aromatic N) is 2. The summed E-state index contributed by atoms with van der Waals surface area (Å²) in [5.41, 5.74) is -17.1. The molecular weight excluding hydrogens is 1760 g/mol. The van der Waals surface area contributed by atoms with Gasteiger partial charge in [0.25, 0.3) is 35.4 Å². The third-order valence-electron chi connectivity index (χ3n) is 23.9. The first-order valence-corrected chi connectivity index (χ1v) is 41.8. The van der Waals surface area contributed by atoms with Gasteiger partial charge in [0.05, 0.1) is 50.8 Å². The Morgan fingerprint density at radius 1 is 0.318 bits per heavy atom. The number of aliphatic hydroxyl groups is 28. The molecule has 5 aromatic carbocycles. The smallest absolute Gasteiger partial charge is 0.275 e. The van der Waals surface area contributed by atoms with E-state index in [0.29, 0.717) is 18.2 Å². The molecular formula is C84H116N6O42. The fraction of sp³-hybridized carbons (Fsp3) is 0.571. The zero-order valence-corrected chi connectivity index (χ0v) is 71.3. The average molecular weight is 1880 g/mol. The number of carbonyl (C=O) groups is 6. The topological polar surface area (TPSA) is 797 Å². The highest BCUT2D eigenvalue weighted by molar-refractivity contribution is 6.01. The highest BCUT2D eigenvalue weighted by atomic mass is 16.8. The average Bonchev–Trinajstić information content (AvgIpc) is 0.679. The van der Waals surface area contributed by atoms with Crippen molar-refractivity contribution in [3.05, 3.63) is 179 Å². The highest BCUT2D eigenvalue weighted by Crippen LogP contribution is 2.56. The molecule has 4 heterocycles. The zero-order chi connectivity index (χ0) is 97.9. The van der Waals surface area contributed by atoms with E-state index in [-0.39, 0.29) is 28.3 Å². The number of ether oxygens (including phenoxy) is 4. The number of hydrogen-bond acceptors (Lipinski definition) is 42. The minimum Gasteiger partial charge on any atom is -0.394 e. The van der Waals surface area contributed by atoms with Gasteiger partial charge >= 0.3 is 0 Å². The molecule has 4 aliphatic rings. The van der Waals surface area contributed by atoms with E-state index in [0.717, 1.165) is 48.5 Å². The van der Waals surface area contributed by atoms with Gasteiger partial charge in [0.15, 0.2) is 24.4 Å². The predicted molar refractivity (Wildman–Crippen MR) is 436 cm³/mol. The van der Waals surface area contributed by atoms with Crippen molar-refractivity contribution in [2.24, 2.45) is 0 Å². The molecule has 4 aliphatic heterocycles. The predicted octanol–water partition coefficient (Wildman–Crippen LogP) is -12.3. The van der Waals surface area contributed by atoms with Crippen LogP contribution < -0.4 is 21.9 Å².